The summed E-state index contributed by atoms with van der Waals surface area (Å²) < 4.78 is 24.5. The fraction of sp³-hybridized carbons (Fsp3) is 0.389. The quantitative estimate of drug-likeness (QED) is 0.920. The molecule has 3 rings (SSSR count). The van der Waals surface area contributed by atoms with E-state index in [1.165, 1.54) is 10.6 Å². The Kier molecular flexibility index (Phi) is 4.87. The zero-order chi connectivity index (χ0) is 17.2. The van der Waals surface area contributed by atoms with Crippen molar-refractivity contribution in [3.63, 3.8) is 0 Å². The Labute approximate surface area is 142 Å². The number of rotatable bonds is 4. The molecule has 1 fully saturated rings. The Hall–Kier alpha value is -1.92. The predicted octanol–water partition coefficient (Wildman–Crippen LogP) is 1.92. The lowest BCUT2D eigenvalue weighted by Gasteiger charge is -2.30. The van der Waals surface area contributed by atoms with Crippen LogP contribution in [0.2, 0.25) is 0 Å². The molecule has 0 saturated carbocycles. The van der Waals surface area contributed by atoms with Crippen molar-refractivity contribution in [3.05, 3.63) is 48.0 Å². The van der Waals surface area contributed by atoms with Gasteiger partial charge in [-0.1, -0.05) is 42.5 Å². The molecule has 1 amide bonds. The molecule has 128 valence electrons. The highest BCUT2D eigenvalue weighted by Gasteiger charge is 2.25. The molecule has 6 heteroatoms. The number of carbonyl (C=O) groups excluding carboxylic acids is 1. The number of nitrogens with zero attached hydrogens (tertiary/aromatic N) is 1. The molecule has 1 aliphatic rings. The van der Waals surface area contributed by atoms with Gasteiger partial charge in [0, 0.05) is 19.1 Å². The Morgan fingerprint density at radius 2 is 1.79 bits per heavy atom. The number of amides is 1. The third-order valence-corrected chi connectivity index (χ3v) is 5.82. The fourth-order valence-electron chi connectivity index (χ4n) is 3.23. The lowest BCUT2D eigenvalue weighted by molar-refractivity contribution is -0.121. The molecule has 2 aromatic rings. The molecule has 5 nitrogen and oxygen atoms in total. The topological polar surface area (TPSA) is 66.5 Å². The van der Waals surface area contributed by atoms with Gasteiger partial charge in [0.15, 0.2) is 0 Å². The van der Waals surface area contributed by atoms with E-state index in [2.05, 4.69) is 5.32 Å². The average Bonchev–Trinajstić information content (AvgIpc) is 2.55. The maximum Gasteiger partial charge on any atom is 0.224 e. The van der Waals surface area contributed by atoms with Crippen LogP contribution in [0.3, 0.4) is 0 Å². The van der Waals surface area contributed by atoms with Crippen LogP contribution in [-0.2, 0) is 21.2 Å². The fourth-order valence-corrected chi connectivity index (χ4v) is 4.10. The van der Waals surface area contributed by atoms with Crippen LogP contribution in [0, 0.1) is 0 Å². The molecule has 0 spiro atoms. The molecule has 24 heavy (non-hydrogen) atoms. The SMILES string of the molecule is CS(=O)(=O)N1CCC(NC(=O)Cc2cccc3ccccc23)CC1. The largest absolute Gasteiger partial charge is 0.353 e. The van der Waals surface area contributed by atoms with E-state index < -0.39 is 10.0 Å². The van der Waals surface area contributed by atoms with Gasteiger partial charge in [0.25, 0.3) is 0 Å². The van der Waals surface area contributed by atoms with Crippen molar-refractivity contribution in [3.8, 4) is 0 Å². The van der Waals surface area contributed by atoms with Crippen molar-refractivity contribution in [2.45, 2.75) is 25.3 Å². The van der Waals surface area contributed by atoms with E-state index >= 15 is 0 Å². The van der Waals surface area contributed by atoms with Gasteiger partial charge in [-0.25, -0.2) is 12.7 Å². The highest BCUT2D eigenvalue weighted by molar-refractivity contribution is 7.88. The number of benzene rings is 2. The molecule has 0 unspecified atom stereocenters. The van der Waals surface area contributed by atoms with Gasteiger partial charge in [-0.15, -0.1) is 0 Å². The first kappa shape index (κ1) is 16.9. The monoisotopic (exact) mass is 346 g/mol. The van der Waals surface area contributed by atoms with E-state index in [-0.39, 0.29) is 11.9 Å². The van der Waals surface area contributed by atoms with Crippen LogP contribution in [0.1, 0.15) is 18.4 Å². The maximum atomic E-state index is 12.4. The highest BCUT2D eigenvalue weighted by atomic mass is 32.2. The minimum absolute atomic E-state index is 0.0100. The van der Waals surface area contributed by atoms with Gasteiger partial charge in [0.2, 0.25) is 15.9 Å². The Morgan fingerprint density at radius 1 is 1.12 bits per heavy atom. The number of hydrogen-bond donors (Lipinski definition) is 1. The molecule has 0 atom stereocenters. The van der Waals surface area contributed by atoms with Crippen LogP contribution in [-0.4, -0.2) is 44.0 Å². The zero-order valence-corrected chi connectivity index (χ0v) is 14.6. The van der Waals surface area contributed by atoms with E-state index in [1.807, 2.05) is 42.5 Å². The molecule has 0 radical (unpaired) electrons. The molecule has 1 heterocycles. The number of sulfonamides is 1. The summed E-state index contributed by atoms with van der Waals surface area (Å²) in [6, 6.07) is 14.1. The van der Waals surface area contributed by atoms with Crippen LogP contribution in [0.5, 0.6) is 0 Å². The number of fused-ring (bicyclic) bond motifs is 1. The number of carbonyl (C=O) groups is 1. The Morgan fingerprint density at radius 3 is 2.50 bits per heavy atom. The van der Waals surface area contributed by atoms with Gasteiger partial charge < -0.3 is 5.32 Å². The minimum Gasteiger partial charge on any atom is -0.353 e. The molecule has 1 saturated heterocycles. The van der Waals surface area contributed by atoms with E-state index in [9.17, 15) is 13.2 Å². The van der Waals surface area contributed by atoms with E-state index in [4.69, 9.17) is 0 Å². The Balaban J connectivity index is 1.60. The van der Waals surface area contributed by atoms with Gasteiger partial charge in [0.05, 0.1) is 12.7 Å². The molecule has 1 aliphatic heterocycles. The lowest BCUT2D eigenvalue weighted by Crippen LogP contribution is -2.46. The summed E-state index contributed by atoms with van der Waals surface area (Å²) >= 11 is 0. The average molecular weight is 346 g/mol. The van der Waals surface area contributed by atoms with Crippen LogP contribution >= 0.6 is 0 Å². The summed E-state index contributed by atoms with van der Waals surface area (Å²) in [7, 11) is -3.13. The second-order valence-electron chi connectivity index (χ2n) is 6.32. The van der Waals surface area contributed by atoms with Crippen molar-refractivity contribution in [2.75, 3.05) is 19.3 Å². The number of nitrogens with one attached hydrogen (secondary N) is 1. The molecule has 0 aliphatic carbocycles. The summed E-state index contributed by atoms with van der Waals surface area (Å²) in [5, 5.41) is 5.27. The summed E-state index contributed by atoms with van der Waals surface area (Å²) in [6.07, 6.45) is 2.89. The van der Waals surface area contributed by atoms with Gasteiger partial charge >= 0.3 is 0 Å². The van der Waals surface area contributed by atoms with E-state index in [0.29, 0.717) is 32.4 Å². The Bertz CT molecular complexity index is 835. The first-order valence-electron chi connectivity index (χ1n) is 8.14. The molecular weight excluding hydrogens is 324 g/mol. The number of piperidine rings is 1. The van der Waals surface area contributed by atoms with Crippen molar-refractivity contribution in [1.82, 2.24) is 9.62 Å². The van der Waals surface area contributed by atoms with E-state index in [1.54, 1.807) is 0 Å². The summed E-state index contributed by atoms with van der Waals surface area (Å²) in [6.45, 7) is 0.941. The smallest absolute Gasteiger partial charge is 0.224 e. The number of hydrogen-bond acceptors (Lipinski definition) is 3. The van der Waals surface area contributed by atoms with Gasteiger partial charge in [-0.2, -0.15) is 0 Å². The van der Waals surface area contributed by atoms with Crippen LogP contribution in [0.25, 0.3) is 10.8 Å². The van der Waals surface area contributed by atoms with E-state index in [0.717, 1.165) is 16.3 Å². The molecule has 1 N–H and O–H groups in total. The van der Waals surface area contributed by atoms with Crippen LogP contribution < -0.4 is 5.32 Å². The summed E-state index contributed by atoms with van der Waals surface area (Å²) in [4.78, 5) is 12.4. The minimum atomic E-state index is -3.13. The normalized spacial score (nSPS) is 17.0. The van der Waals surface area contributed by atoms with Crippen molar-refractivity contribution in [2.24, 2.45) is 0 Å². The molecular formula is C18H22N2O3S. The first-order valence-corrected chi connectivity index (χ1v) is 9.99. The second kappa shape index (κ2) is 6.91. The lowest BCUT2D eigenvalue weighted by atomic mass is 10.0. The summed E-state index contributed by atoms with van der Waals surface area (Å²) in [5.74, 6) is -0.0100. The molecule has 0 bridgehead atoms. The van der Waals surface area contributed by atoms with Crippen molar-refractivity contribution < 1.29 is 13.2 Å². The highest BCUT2D eigenvalue weighted by Crippen LogP contribution is 2.19. The van der Waals surface area contributed by atoms with Crippen LogP contribution in [0.15, 0.2) is 42.5 Å². The zero-order valence-electron chi connectivity index (χ0n) is 13.7. The van der Waals surface area contributed by atoms with Gasteiger partial charge in [-0.3, -0.25) is 4.79 Å². The third-order valence-electron chi connectivity index (χ3n) is 4.52. The second-order valence-corrected chi connectivity index (χ2v) is 8.30. The predicted molar refractivity (Wildman–Crippen MR) is 95.2 cm³/mol. The third kappa shape index (κ3) is 3.94. The van der Waals surface area contributed by atoms with Crippen molar-refractivity contribution >= 4 is 26.7 Å². The molecule has 2 aromatic carbocycles. The maximum absolute atomic E-state index is 12.4. The van der Waals surface area contributed by atoms with Gasteiger partial charge in [-0.05, 0) is 29.2 Å². The first-order chi connectivity index (χ1) is 11.4. The van der Waals surface area contributed by atoms with Crippen molar-refractivity contribution in [1.29, 1.82) is 0 Å². The van der Waals surface area contributed by atoms with Gasteiger partial charge in [0.1, 0.15) is 0 Å². The summed E-state index contributed by atoms with van der Waals surface area (Å²) in [5.41, 5.74) is 1.01. The molecule has 0 aromatic heterocycles. The standard InChI is InChI=1S/C18H22N2O3S/c1-24(22,23)20-11-9-16(10-12-20)19-18(21)13-15-7-4-6-14-5-2-3-8-17(14)15/h2-8,16H,9-13H2,1H3,(H,19,21). The van der Waals surface area contributed by atoms with Crippen LogP contribution in [0.4, 0.5) is 0 Å².